The third kappa shape index (κ3) is 4.30. The molecule has 0 aliphatic carbocycles. The van der Waals surface area contributed by atoms with E-state index in [9.17, 15) is 5.11 Å². The predicted molar refractivity (Wildman–Crippen MR) is 78.6 cm³/mol. The smallest absolute Gasteiger partial charge is 0.0668 e. The summed E-state index contributed by atoms with van der Waals surface area (Å²) in [4.78, 5) is 0. The molecule has 0 aromatic heterocycles. The molecule has 1 heteroatoms. The third-order valence-electron chi connectivity index (χ3n) is 3.32. The van der Waals surface area contributed by atoms with Crippen molar-refractivity contribution in [1.82, 2.24) is 0 Å². The minimum Gasteiger partial charge on any atom is -0.392 e. The van der Waals surface area contributed by atoms with Gasteiger partial charge in [0, 0.05) is 5.92 Å². The Balaban J connectivity index is 2.80. The molecule has 100 valence electrons. The van der Waals surface area contributed by atoms with Crippen molar-refractivity contribution in [3.63, 3.8) is 0 Å². The van der Waals surface area contributed by atoms with Crippen LogP contribution in [0.3, 0.4) is 0 Å². The van der Waals surface area contributed by atoms with Crippen molar-refractivity contribution in [2.24, 2.45) is 11.3 Å². The summed E-state index contributed by atoms with van der Waals surface area (Å²) in [5.74, 6) is 0.275. The number of aliphatic hydroxyl groups excluding tert-OH is 1. The summed E-state index contributed by atoms with van der Waals surface area (Å²) < 4.78 is 0. The van der Waals surface area contributed by atoms with Gasteiger partial charge in [-0.25, -0.2) is 0 Å². The van der Waals surface area contributed by atoms with Gasteiger partial charge in [0.25, 0.3) is 0 Å². The molecule has 0 saturated carbocycles. The summed E-state index contributed by atoms with van der Waals surface area (Å²) in [5, 5.41) is 10.5. The molecule has 18 heavy (non-hydrogen) atoms. The van der Waals surface area contributed by atoms with Crippen molar-refractivity contribution < 1.29 is 5.11 Å². The van der Waals surface area contributed by atoms with E-state index in [-0.39, 0.29) is 23.4 Å². The molecule has 1 rings (SSSR count). The first kappa shape index (κ1) is 15.0. The topological polar surface area (TPSA) is 20.2 Å². The van der Waals surface area contributed by atoms with E-state index < -0.39 is 0 Å². The SMILES string of the molecule is C=C[C@H](c1ccccc1)[C@H](O)[C@H](C)CC(C)(C)C. The molecule has 0 spiro atoms. The molecule has 1 aromatic carbocycles. The number of aliphatic hydroxyl groups is 1. The van der Waals surface area contributed by atoms with Gasteiger partial charge in [-0.3, -0.25) is 0 Å². The fourth-order valence-electron chi connectivity index (χ4n) is 2.59. The second kappa shape index (κ2) is 6.19. The van der Waals surface area contributed by atoms with Gasteiger partial charge in [-0.2, -0.15) is 0 Å². The van der Waals surface area contributed by atoms with Crippen molar-refractivity contribution in [3.8, 4) is 0 Å². The van der Waals surface area contributed by atoms with Crippen molar-refractivity contribution in [1.29, 1.82) is 0 Å². The summed E-state index contributed by atoms with van der Waals surface area (Å²) in [6.45, 7) is 12.6. The maximum Gasteiger partial charge on any atom is 0.0668 e. The minimum atomic E-state index is -0.371. The van der Waals surface area contributed by atoms with Crippen LogP contribution in [0.2, 0.25) is 0 Å². The van der Waals surface area contributed by atoms with E-state index in [1.165, 1.54) is 0 Å². The molecule has 0 unspecified atom stereocenters. The Morgan fingerprint density at radius 3 is 2.22 bits per heavy atom. The lowest BCUT2D eigenvalue weighted by molar-refractivity contribution is 0.0790. The van der Waals surface area contributed by atoms with Crippen LogP contribution in [0.1, 0.15) is 45.6 Å². The molecule has 1 aromatic rings. The largest absolute Gasteiger partial charge is 0.392 e. The van der Waals surface area contributed by atoms with Gasteiger partial charge < -0.3 is 5.11 Å². The Morgan fingerprint density at radius 2 is 1.78 bits per heavy atom. The molecular weight excluding hydrogens is 220 g/mol. The molecule has 0 fully saturated rings. The van der Waals surface area contributed by atoms with E-state index in [1.807, 2.05) is 24.3 Å². The summed E-state index contributed by atoms with van der Waals surface area (Å²) >= 11 is 0. The molecule has 0 saturated heterocycles. The lowest BCUT2D eigenvalue weighted by atomic mass is 9.78. The van der Waals surface area contributed by atoms with Gasteiger partial charge in [0.2, 0.25) is 0 Å². The summed E-state index contributed by atoms with van der Waals surface area (Å²) in [6.07, 6.45) is 2.49. The van der Waals surface area contributed by atoms with E-state index in [1.54, 1.807) is 0 Å². The molecule has 0 aliphatic rings. The number of benzene rings is 1. The predicted octanol–water partition coefficient (Wildman–Crippen LogP) is 4.39. The molecule has 0 radical (unpaired) electrons. The summed E-state index contributed by atoms with van der Waals surface area (Å²) in [7, 11) is 0. The van der Waals surface area contributed by atoms with Crippen molar-refractivity contribution in [2.75, 3.05) is 0 Å². The Hall–Kier alpha value is -1.08. The zero-order valence-corrected chi connectivity index (χ0v) is 12.1. The molecule has 0 bridgehead atoms. The van der Waals surface area contributed by atoms with Crippen LogP contribution in [0.25, 0.3) is 0 Å². The molecule has 0 aliphatic heterocycles. The maximum absolute atomic E-state index is 10.5. The zero-order chi connectivity index (χ0) is 13.8. The Morgan fingerprint density at radius 1 is 1.22 bits per heavy atom. The molecule has 3 atom stereocenters. The van der Waals surface area contributed by atoms with Gasteiger partial charge in [0.1, 0.15) is 0 Å². The first-order valence-corrected chi connectivity index (χ1v) is 6.70. The van der Waals surface area contributed by atoms with Gasteiger partial charge in [-0.15, -0.1) is 6.58 Å². The second-order valence-electron chi connectivity index (χ2n) is 6.40. The monoisotopic (exact) mass is 246 g/mol. The van der Waals surface area contributed by atoms with Crippen LogP contribution in [0, 0.1) is 11.3 Å². The van der Waals surface area contributed by atoms with Crippen LogP contribution >= 0.6 is 0 Å². The van der Waals surface area contributed by atoms with Crippen molar-refractivity contribution >= 4 is 0 Å². The first-order chi connectivity index (χ1) is 8.35. The molecule has 1 nitrogen and oxygen atoms in total. The normalized spacial score (nSPS) is 16.9. The van der Waals surface area contributed by atoms with Crippen LogP contribution in [-0.4, -0.2) is 11.2 Å². The fourth-order valence-corrected chi connectivity index (χ4v) is 2.59. The second-order valence-corrected chi connectivity index (χ2v) is 6.40. The minimum absolute atomic E-state index is 0.0172. The Bertz CT molecular complexity index is 361. The Kier molecular flexibility index (Phi) is 5.15. The quantitative estimate of drug-likeness (QED) is 0.764. The fraction of sp³-hybridized carbons (Fsp3) is 0.529. The average molecular weight is 246 g/mol. The lowest BCUT2D eigenvalue weighted by Gasteiger charge is -2.30. The zero-order valence-electron chi connectivity index (χ0n) is 12.1. The standard InChI is InChI=1S/C17H26O/c1-6-15(14-10-8-7-9-11-14)16(18)13(2)12-17(3,4)5/h6-11,13,15-16,18H,1,12H2,2-5H3/t13-,15-,16-/m1/s1. The Labute approximate surface area is 112 Å². The number of hydrogen-bond donors (Lipinski definition) is 1. The molecule has 0 amide bonds. The third-order valence-corrected chi connectivity index (χ3v) is 3.32. The van der Waals surface area contributed by atoms with Crippen LogP contribution < -0.4 is 0 Å². The summed E-state index contributed by atoms with van der Waals surface area (Å²) in [6, 6.07) is 10.1. The van der Waals surface area contributed by atoms with E-state index in [0.717, 1.165) is 12.0 Å². The lowest BCUT2D eigenvalue weighted by Crippen LogP contribution is -2.28. The average Bonchev–Trinajstić information content (AvgIpc) is 2.29. The summed E-state index contributed by atoms with van der Waals surface area (Å²) in [5.41, 5.74) is 1.38. The van der Waals surface area contributed by atoms with Crippen molar-refractivity contribution in [2.45, 2.75) is 46.1 Å². The van der Waals surface area contributed by atoms with Gasteiger partial charge in [0.15, 0.2) is 0 Å². The van der Waals surface area contributed by atoms with E-state index in [0.29, 0.717) is 0 Å². The molecule has 1 N–H and O–H groups in total. The van der Waals surface area contributed by atoms with Crippen molar-refractivity contribution in [3.05, 3.63) is 48.6 Å². The van der Waals surface area contributed by atoms with Crippen LogP contribution in [0.15, 0.2) is 43.0 Å². The highest BCUT2D eigenvalue weighted by Gasteiger charge is 2.27. The highest BCUT2D eigenvalue weighted by Crippen LogP contribution is 2.32. The molecular formula is C17H26O. The van der Waals surface area contributed by atoms with E-state index in [2.05, 4.69) is 46.4 Å². The van der Waals surface area contributed by atoms with Crippen LogP contribution in [0.4, 0.5) is 0 Å². The van der Waals surface area contributed by atoms with Gasteiger partial charge >= 0.3 is 0 Å². The van der Waals surface area contributed by atoms with Crippen LogP contribution in [-0.2, 0) is 0 Å². The van der Waals surface area contributed by atoms with Gasteiger partial charge in [-0.1, -0.05) is 64.1 Å². The van der Waals surface area contributed by atoms with E-state index in [4.69, 9.17) is 0 Å². The number of rotatable bonds is 5. The molecule has 0 heterocycles. The van der Waals surface area contributed by atoms with Gasteiger partial charge in [-0.05, 0) is 23.3 Å². The highest BCUT2D eigenvalue weighted by molar-refractivity contribution is 5.24. The first-order valence-electron chi connectivity index (χ1n) is 6.70. The van der Waals surface area contributed by atoms with Crippen LogP contribution in [0.5, 0.6) is 0 Å². The number of hydrogen-bond acceptors (Lipinski definition) is 1. The highest BCUT2D eigenvalue weighted by atomic mass is 16.3. The maximum atomic E-state index is 10.5. The van der Waals surface area contributed by atoms with Gasteiger partial charge in [0.05, 0.1) is 6.10 Å². The van der Waals surface area contributed by atoms with E-state index >= 15 is 0 Å².